The Kier molecular flexibility index (Phi) is 7.20. The van der Waals surface area contributed by atoms with Gasteiger partial charge in [0.15, 0.2) is 0 Å². The number of rotatable bonds is 8. The van der Waals surface area contributed by atoms with Gasteiger partial charge in [-0.15, -0.1) is 0 Å². The third kappa shape index (κ3) is 5.29. The monoisotopic (exact) mass is 452 g/mol. The minimum absolute atomic E-state index is 0.105. The van der Waals surface area contributed by atoms with Crippen LogP contribution >= 0.6 is 0 Å². The number of hydrogen-bond acceptors (Lipinski definition) is 4. The number of nitrogens with zero attached hydrogens (tertiary/aromatic N) is 1. The lowest BCUT2D eigenvalue weighted by molar-refractivity contribution is -0.120. The van der Waals surface area contributed by atoms with Crippen molar-refractivity contribution in [3.63, 3.8) is 0 Å². The molecule has 0 bridgehead atoms. The SMILES string of the molecule is COc1ccccc1N(CC(=O)N[C@@H](C)c1ccc(C)cc1)S(=O)(=O)c1ccc(C)cc1. The lowest BCUT2D eigenvalue weighted by atomic mass is 10.1. The summed E-state index contributed by atoms with van der Waals surface area (Å²) in [6.07, 6.45) is 0. The molecule has 0 saturated carbocycles. The summed E-state index contributed by atoms with van der Waals surface area (Å²) in [5, 5.41) is 2.90. The van der Waals surface area contributed by atoms with Gasteiger partial charge in [0.1, 0.15) is 12.3 Å². The first kappa shape index (κ1) is 23.3. The van der Waals surface area contributed by atoms with E-state index in [0.29, 0.717) is 11.4 Å². The minimum Gasteiger partial charge on any atom is -0.495 e. The molecule has 1 N–H and O–H groups in total. The summed E-state index contributed by atoms with van der Waals surface area (Å²) in [6.45, 7) is 5.36. The van der Waals surface area contributed by atoms with Crippen LogP contribution in [0.5, 0.6) is 5.75 Å². The van der Waals surface area contributed by atoms with Gasteiger partial charge >= 0.3 is 0 Å². The van der Waals surface area contributed by atoms with E-state index >= 15 is 0 Å². The number of hydrogen-bond donors (Lipinski definition) is 1. The van der Waals surface area contributed by atoms with Crippen molar-refractivity contribution in [1.29, 1.82) is 0 Å². The number of para-hydroxylation sites is 2. The molecule has 1 amide bonds. The molecule has 7 heteroatoms. The van der Waals surface area contributed by atoms with Gasteiger partial charge in [-0.2, -0.15) is 0 Å². The van der Waals surface area contributed by atoms with Crippen LogP contribution in [0.15, 0.2) is 77.7 Å². The highest BCUT2D eigenvalue weighted by molar-refractivity contribution is 7.92. The molecule has 3 aromatic rings. The molecular formula is C25H28N2O4S. The molecule has 0 spiro atoms. The molecule has 3 rings (SSSR count). The molecule has 32 heavy (non-hydrogen) atoms. The predicted molar refractivity (Wildman–Crippen MR) is 126 cm³/mol. The van der Waals surface area contributed by atoms with Crippen molar-refractivity contribution < 1.29 is 17.9 Å². The average Bonchev–Trinajstić information content (AvgIpc) is 2.78. The predicted octanol–water partition coefficient (Wildman–Crippen LogP) is 4.38. The number of carbonyl (C=O) groups excluding carboxylic acids is 1. The molecular weight excluding hydrogens is 424 g/mol. The van der Waals surface area contributed by atoms with E-state index in [1.807, 2.05) is 45.0 Å². The molecule has 0 radical (unpaired) electrons. The smallest absolute Gasteiger partial charge is 0.264 e. The highest BCUT2D eigenvalue weighted by Gasteiger charge is 2.29. The van der Waals surface area contributed by atoms with Crippen LogP contribution in [0.1, 0.15) is 29.7 Å². The second-order valence-electron chi connectivity index (χ2n) is 7.70. The van der Waals surface area contributed by atoms with Gasteiger partial charge < -0.3 is 10.1 Å². The van der Waals surface area contributed by atoms with E-state index in [9.17, 15) is 13.2 Å². The van der Waals surface area contributed by atoms with Gasteiger partial charge in [0.05, 0.1) is 23.7 Å². The molecule has 0 aliphatic rings. The number of aryl methyl sites for hydroxylation is 2. The summed E-state index contributed by atoms with van der Waals surface area (Å²) in [7, 11) is -2.54. The van der Waals surface area contributed by atoms with Crippen molar-refractivity contribution in [1.82, 2.24) is 5.32 Å². The normalized spacial score (nSPS) is 12.1. The summed E-state index contributed by atoms with van der Waals surface area (Å²) < 4.78 is 33.5. The molecule has 1 atom stereocenters. The van der Waals surface area contributed by atoms with Crippen LogP contribution in [0.4, 0.5) is 5.69 Å². The fourth-order valence-electron chi connectivity index (χ4n) is 3.33. The number of carbonyl (C=O) groups is 1. The van der Waals surface area contributed by atoms with E-state index in [1.165, 1.54) is 7.11 Å². The first-order valence-corrected chi connectivity index (χ1v) is 11.7. The number of nitrogens with one attached hydrogen (secondary N) is 1. The Labute approximate surface area is 189 Å². The van der Waals surface area contributed by atoms with E-state index < -0.39 is 15.9 Å². The summed E-state index contributed by atoms with van der Waals surface area (Å²) >= 11 is 0. The highest BCUT2D eigenvalue weighted by atomic mass is 32.2. The Hall–Kier alpha value is -3.32. The molecule has 0 aliphatic heterocycles. The largest absolute Gasteiger partial charge is 0.495 e. The summed E-state index contributed by atoms with van der Waals surface area (Å²) in [6, 6.07) is 20.9. The van der Waals surface area contributed by atoms with E-state index in [1.54, 1.807) is 48.5 Å². The Bertz CT molecular complexity index is 1170. The van der Waals surface area contributed by atoms with Gasteiger partial charge in [-0.3, -0.25) is 9.10 Å². The molecule has 0 unspecified atom stereocenters. The molecule has 6 nitrogen and oxygen atoms in total. The van der Waals surface area contributed by atoms with Gasteiger partial charge in [-0.25, -0.2) is 8.42 Å². The van der Waals surface area contributed by atoms with Crippen LogP contribution in [0, 0.1) is 13.8 Å². The van der Waals surface area contributed by atoms with Crippen LogP contribution in [-0.4, -0.2) is 28.0 Å². The van der Waals surface area contributed by atoms with Gasteiger partial charge in [-0.05, 0) is 50.6 Å². The highest BCUT2D eigenvalue weighted by Crippen LogP contribution is 2.32. The number of benzene rings is 3. The lowest BCUT2D eigenvalue weighted by Crippen LogP contribution is -2.41. The van der Waals surface area contributed by atoms with Gasteiger partial charge in [-0.1, -0.05) is 59.7 Å². The number of anilines is 1. The van der Waals surface area contributed by atoms with Crippen molar-refractivity contribution in [2.24, 2.45) is 0 Å². The second kappa shape index (κ2) is 9.87. The summed E-state index contributed by atoms with van der Waals surface area (Å²) in [4.78, 5) is 13.1. The standard InChI is InChI=1S/C25H28N2O4S/c1-18-9-13-21(14-10-18)20(3)26-25(28)17-27(23-7-5-6-8-24(23)31-4)32(29,30)22-15-11-19(2)12-16-22/h5-16,20H,17H2,1-4H3,(H,26,28)/t20-/m0/s1. The van der Waals surface area contributed by atoms with Crippen molar-refractivity contribution in [3.8, 4) is 5.75 Å². The molecule has 0 heterocycles. The fraction of sp³-hybridized carbons (Fsp3) is 0.240. The third-order valence-electron chi connectivity index (χ3n) is 5.20. The summed E-state index contributed by atoms with van der Waals surface area (Å²) in [5.74, 6) is -0.0535. The Morgan fingerprint density at radius 3 is 2.09 bits per heavy atom. The first-order chi connectivity index (χ1) is 15.2. The number of sulfonamides is 1. The fourth-order valence-corrected chi connectivity index (χ4v) is 4.76. The van der Waals surface area contributed by atoms with Crippen molar-refractivity contribution >= 4 is 21.6 Å². The second-order valence-corrected chi connectivity index (χ2v) is 9.56. The van der Waals surface area contributed by atoms with Crippen LogP contribution in [0.3, 0.4) is 0 Å². The quantitative estimate of drug-likeness (QED) is 0.550. The zero-order valence-electron chi connectivity index (χ0n) is 18.7. The molecule has 0 aliphatic carbocycles. The molecule has 168 valence electrons. The number of amides is 1. The first-order valence-electron chi connectivity index (χ1n) is 10.3. The van der Waals surface area contributed by atoms with Crippen LogP contribution in [0.25, 0.3) is 0 Å². The Morgan fingerprint density at radius 2 is 1.50 bits per heavy atom. The van der Waals surface area contributed by atoms with Gasteiger partial charge in [0.25, 0.3) is 10.0 Å². The maximum Gasteiger partial charge on any atom is 0.264 e. The maximum atomic E-state index is 13.5. The molecule has 0 aromatic heterocycles. The van der Waals surface area contributed by atoms with Gasteiger partial charge in [0.2, 0.25) is 5.91 Å². The Balaban J connectivity index is 1.93. The zero-order valence-corrected chi connectivity index (χ0v) is 19.5. The van der Waals surface area contributed by atoms with Crippen LogP contribution in [-0.2, 0) is 14.8 Å². The number of methoxy groups -OCH3 is 1. The van der Waals surface area contributed by atoms with E-state index in [0.717, 1.165) is 21.0 Å². The molecule has 0 saturated heterocycles. The molecule has 3 aromatic carbocycles. The Morgan fingerprint density at radius 1 is 0.938 bits per heavy atom. The number of ether oxygens (including phenoxy) is 1. The van der Waals surface area contributed by atoms with Crippen molar-refractivity contribution in [2.75, 3.05) is 18.0 Å². The van der Waals surface area contributed by atoms with E-state index in [-0.39, 0.29) is 17.5 Å². The van der Waals surface area contributed by atoms with Crippen molar-refractivity contribution in [3.05, 3.63) is 89.5 Å². The van der Waals surface area contributed by atoms with Crippen LogP contribution in [0.2, 0.25) is 0 Å². The van der Waals surface area contributed by atoms with E-state index in [2.05, 4.69) is 5.32 Å². The zero-order chi connectivity index (χ0) is 23.3. The third-order valence-corrected chi connectivity index (χ3v) is 6.98. The topological polar surface area (TPSA) is 75.7 Å². The van der Waals surface area contributed by atoms with Crippen molar-refractivity contribution in [2.45, 2.75) is 31.7 Å². The van der Waals surface area contributed by atoms with E-state index in [4.69, 9.17) is 4.74 Å². The lowest BCUT2D eigenvalue weighted by Gasteiger charge is -2.26. The molecule has 0 fully saturated rings. The van der Waals surface area contributed by atoms with Gasteiger partial charge in [0, 0.05) is 0 Å². The average molecular weight is 453 g/mol. The summed E-state index contributed by atoms with van der Waals surface area (Å²) in [5.41, 5.74) is 3.30. The van der Waals surface area contributed by atoms with Crippen LogP contribution < -0.4 is 14.4 Å². The minimum atomic E-state index is -4.01. The maximum absolute atomic E-state index is 13.5.